The molecule has 1 heterocycles. The number of nitrogens with zero attached hydrogens (tertiary/aromatic N) is 2. The van der Waals surface area contributed by atoms with Gasteiger partial charge in [0.15, 0.2) is 0 Å². The zero-order chi connectivity index (χ0) is 18.7. The summed E-state index contributed by atoms with van der Waals surface area (Å²) in [5, 5.41) is 0. The molecule has 0 aromatic carbocycles. The third-order valence-electron chi connectivity index (χ3n) is 4.86. The highest BCUT2D eigenvalue weighted by atomic mass is 15.2. The number of amidine groups is 1. The Morgan fingerprint density at radius 3 is 2.81 bits per heavy atom. The number of rotatable bonds is 14. The highest BCUT2D eigenvalue weighted by Gasteiger charge is 2.13. The second kappa shape index (κ2) is 17.2. The van der Waals surface area contributed by atoms with E-state index in [9.17, 15) is 0 Å². The lowest BCUT2D eigenvalue weighted by Crippen LogP contribution is -2.36. The number of hydrogen-bond acceptors (Lipinski definition) is 3. The van der Waals surface area contributed by atoms with E-state index < -0.39 is 0 Å². The van der Waals surface area contributed by atoms with E-state index in [1.165, 1.54) is 70.2 Å². The molecule has 0 atom stereocenters. The van der Waals surface area contributed by atoms with E-state index in [0.29, 0.717) is 0 Å². The highest BCUT2D eigenvalue weighted by molar-refractivity contribution is 5.82. The van der Waals surface area contributed by atoms with Crippen molar-refractivity contribution in [3.63, 3.8) is 0 Å². The van der Waals surface area contributed by atoms with Gasteiger partial charge in [0.05, 0.1) is 5.84 Å². The summed E-state index contributed by atoms with van der Waals surface area (Å²) in [6.07, 6.45) is 20.2. The third kappa shape index (κ3) is 12.1. The molecule has 0 radical (unpaired) electrons. The van der Waals surface area contributed by atoms with Gasteiger partial charge in [0, 0.05) is 32.5 Å². The van der Waals surface area contributed by atoms with Crippen molar-refractivity contribution in [2.75, 3.05) is 26.2 Å². The molecule has 0 aliphatic carbocycles. The lowest BCUT2D eigenvalue weighted by molar-refractivity contribution is 0.374. The van der Waals surface area contributed by atoms with Crippen molar-refractivity contribution >= 4 is 5.84 Å². The fraction of sp³-hybridized carbons (Fsp3) is 0.783. The van der Waals surface area contributed by atoms with Crippen LogP contribution in [0.2, 0.25) is 0 Å². The van der Waals surface area contributed by atoms with Crippen LogP contribution in [-0.2, 0) is 0 Å². The normalized spacial score (nSPS) is 14.4. The summed E-state index contributed by atoms with van der Waals surface area (Å²) >= 11 is 0. The van der Waals surface area contributed by atoms with Crippen LogP contribution < -0.4 is 5.73 Å². The van der Waals surface area contributed by atoms with Crippen molar-refractivity contribution in [2.45, 2.75) is 90.4 Å². The van der Waals surface area contributed by atoms with Crippen LogP contribution in [0, 0.1) is 11.8 Å². The van der Waals surface area contributed by atoms with E-state index in [1.807, 2.05) is 6.08 Å². The number of unbranched alkanes of at least 4 members (excludes halogenated alkanes) is 8. The summed E-state index contributed by atoms with van der Waals surface area (Å²) in [6, 6.07) is 0. The topological polar surface area (TPSA) is 41.6 Å². The van der Waals surface area contributed by atoms with E-state index in [0.717, 1.165) is 45.3 Å². The molecule has 1 rings (SSSR count). The summed E-state index contributed by atoms with van der Waals surface area (Å²) < 4.78 is 0. The van der Waals surface area contributed by atoms with E-state index in [1.54, 1.807) is 0 Å². The maximum atomic E-state index is 5.61. The van der Waals surface area contributed by atoms with Crippen LogP contribution in [0.25, 0.3) is 0 Å². The number of hydrogen-bond donors (Lipinski definition) is 1. The Hall–Kier alpha value is -1.27. The molecular weight excluding hydrogens is 318 g/mol. The van der Waals surface area contributed by atoms with Crippen molar-refractivity contribution in [1.29, 1.82) is 0 Å². The molecule has 0 saturated carbocycles. The highest BCUT2D eigenvalue weighted by Crippen LogP contribution is 2.12. The molecule has 0 saturated heterocycles. The smallest absolute Gasteiger partial charge is 0.0988 e. The minimum atomic E-state index is 0.803. The van der Waals surface area contributed by atoms with Crippen LogP contribution in [0.15, 0.2) is 17.1 Å². The van der Waals surface area contributed by atoms with Crippen molar-refractivity contribution in [3.8, 4) is 11.8 Å². The summed E-state index contributed by atoms with van der Waals surface area (Å²) in [5.74, 6) is 7.76. The van der Waals surface area contributed by atoms with E-state index in [2.05, 4.69) is 29.7 Å². The first-order valence-corrected chi connectivity index (χ1v) is 11.0. The van der Waals surface area contributed by atoms with Gasteiger partial charge in [0.2, 0.25) is 0 Å². The standard InChI is InChI=1S/C23H41N3/c1-2-3-4-5-6-7-8-9-10-11-12-13-14-18-23-25-20-17-22-26(23)21-16-15-19-24/h9-10H,2-6,11-22,24H2,1H3. The van der Waals surface area contributed by atoms with Crippen molar-refractivity contribution in [1.82, 2.24) is 4.90 Å². The summed E-state index contributed by atoms with van der Waals surface area (Å²) in [5.41, 5.74) is 5.61. The second-order valence-corrected chi connectivity index (χ2v) is 7.27. The molecule has 3 nitrogen and oxygen atoms in total. The van der Waals surface area contributed by atoms with Crippen molar-refractivity contribution < 1.29 is 0 Å². The first-order valence-electron chi connectivity index (χ1n) is 11.0. The molecule has 26 heavy (non-hydrogen) atoms. The van der Waals surface area contributed by atoms with Gasteiger partial charge in [0.1, 0.15) is 0 Å². The maximum Gasteiger partial charge on any atom is 0.0988 e. The molecule has 0 fully saturated rings. The molecule has 0 aromatic heterocycles. The SMILES string of the molecule is CCCCCCC#CC=CCCCCCC1=NCCCN1CCCCN. The van der Waals surface area contributed by atoms with Gasteiger partial charge in [0.25, 0.3) is 0 Å². The van der Waals surface area contributed by atoms with Crippen LogP contribution in [0.5, 0.6) is 0 Å². The van der Waals surface area contributed by atoms with Gasteiger partial charge >= 0.3 is 0 Å². The van der Waals surface area contributed by atoms with E-state index in [4.69, 9.17) is 10.7 Å². The van der Waals surface area contributed by atoms with Crippen LogP contribution >= 0.6 is 0 Å². The van der Waals surface area contributed by atoms with Crippen LogP contribution in [0.1, 0.15) is 90.4 Å². The number of nitrogens with two attached hydrogens (primary N) is 1. The quantitative estimate of drug-likeness (QED) is 0.337. The Morgan fingerprint density at radius 1 is 1.08 bits per heavy atom. The summed E-state index contributed by atoms with van der Waals surface area (Å²) in [4.78, 5) is 7.26. The van der Waals surface area contributed by atoms with Gasteiger partial charge in [-0.15, -0.1) is 0 Å². The predicted molar refractivity (Wildman–Crippen MR) is 116 cm³/mol. The van der Waals surface area contributed by atoms with E-state index >= 15 is 0 Å². The molecule has 0 spiro atoms. The fourth-order valence-corrected chi connectivity index (χ4v) is 3.26. The average Bonchev–Trinajstić information content (AvgIpc) is 2.67. The van der Waals surface area contributed by atoms with Gasteiger partial charge in [-0.2, -0.15) is 0 Å². The predicted octanol–water partition coefficient (Wildman–Crippen LogP) is 5.31. The maximum absolute atomic E-state index is 5.61. The van der Waals surface area contributed by atoms with Crippen molar-refractivity contribution in [2.24, 2.45) is 10.7 Å². The first kappa shape index (κ1) is 22.8. The van der Waals surface area contributed by atoms with Crippen LogP contribution in [-0.4, -0.2) is 36.9 Å². The minimum Gasteiger partial charge on any atom is -0.360 e. The third-order valence-corrected chi connectivity index (χ3v) is 4.86. The zero-order valence-corrected chi connectivity index (χ0v) is 17.1. The molecule has 3 heteroatoms. The van der Waals surface area contributed by atoms with Gasteiger partial charge < -0.3 is 10.6 Å². The lowest BCUT2D eigenvalue weighted by Gasteiger charge is -2.29. The van der Waals surface area contributed by atoms with Crippen LogP contribution in [0.3, 0.4) is 0 Å². The van der Waals surface area contributed by atoms with Crippen molar-refractivity contribution in [3.05, 3.63) is 12.2 Å². The fourth-order valence-electron chi connectivity index (χ4n) is 3.26. The molecule has 1 aliphatic rings. The Bertz CT molecular complexity index is 442. The van der Waals surface area contributed by atoms with Gasteiger partial charge in [-0.3, -0.25) is 4.99 Å². The molecule has 0 amide bonds. The average molecular weight is 360 g/mol. The molecule has 2 N–H and O–H groups in total. The van der Waals surface area contributed by atoms with Gasteiger partial charge in [-0.25, -0.2) is 0 Å². The van der Waals surface area contributed by atoms with Crippen LogP contribution in [0.4, 0.5) is 0 Å². The van der Waals surface area contributed by atoms with Gasteiger partial charge in [-0.1, -0.05) is 50.5 Å². The minimum absolute atomic E-state index is 0.803. The molecule has 148 valence electrons. The molecule has 1 aliphatic heterocycles. The lowest BCUT2D eigenvalue weighted by atomic mass is 10.1. The molecule has 0 unspecified atom stereocenters. The van der Waals surface area contributed by atoms with E-state index in [-0.39, 0.29) is 0 Å². The first-order chi connectivity index (χ1) is 12.9. The Balaban J connectivity index is 2.04. The Morgan fingerprint density at radius 2 is 1.96 bits per heavy atom. The monoisotopic (exact) mass is 359 g/mol. The number of allylic oxidation sites excluding steroid dienone is 2. The zero-order valence-electron chi connectivity index (χ0n) is 17.1. The summed E-state index contributed by atoms with van der Waals surface area (Å²) in [6.45, 7) is 6.38. The molecule has 0 aromatic rings. The second-order valence-electron chi connectivity index (χ2n) is 7.27. The largest absolute Gasteiger partial charge is 0.360 e. The summed E-state index contributed by atoms with van der Waals surface area (Å²) in [7, 11) is 0. The van der Waals surface area contributed by atoms with Gasteiger partial charge in [-0.05, 0) is 57.6 Å². The molecule has 0 bridgehead atoms. The Labute approximate surface area is 162 Å². The molecular formula is C23H41N3. The number of aliphatic imine (C=N–C) groups is 1. The Kier molecular flexibility index (Phi) is 15.0.